The number of nitrogens with one attached hydrogen (secondary N) is 1. The molecule has 1 unspecified atom stereocenters. The largest absolute Gasteiger partial charge is 0.493 e. The van der Waals surface area contributed by atoms with Gasteiger partial charge in [-0.2, -0.15) is 5.10 Å². The fraction of sp³-hybridized carbons (Fsp3) is 0.381. The second-order valence-electron chi connectivity index (χ2n) is 6.83. The molecular weight excluding hydrogens is 342 g/mol. The first kappa shape index (κ1) is 17.8. The van der Waals surface area contributed by atoms with Gasteiger partial charge in [0.05, 0.1) is 19.9 Å². The molecule has 0 bridgehead atoms. The number of hydrogen-bond donors (Lipinski definition) is 1. The predicted octanol–water partition coefficient (Wildman–Crippen LogP) is 3.12. The van der Waals surface area contributed by atoms with E-state index in [2.05, 4.69) is 17.5 Å². The van der Waals surface area contributed by atoms with Crippen molar-refractivity contribution in [3.05, 3.63) is 53.8 Å². The zero-order valence-corrected chi connectivity index (χ0v) is 16.0. The lowest BCUT2D eigenvalue weighted by Gasteiger charge is -2.36. The maximum Gasteiger partial charge on any atom is 0.183 e. The van der Waals surface area contributed by atoms with Gasteiger partial charge >= 0.3 is 0 Å². The summed E-state index contributed by atoms with van der Waals surface area (Å²) >= 11 is 0. The van der Waals surface area contributed by atoms with E-state index in [-0.39, 0.29) is 0 Å². The van der Waals surface area contributed by atoms with Crippen LogP contribution in [0.1, 0.15) is 12.8 Å². The number of aromatic nitrogens is 2. The third-order valence-electron chi connectivity index (χ3n) is 5.39. The molecule has 6 heteroatoms. The highest BCUT2D eigenvalue weighted by Gasteiger charge is 2.35. The third kappa shape index (κ3) is 3.15. The Morgan fingerprint density at radius 2 is 1.96 bits per heavy atom. The second kappa shape index (κ2) is 7.21. The molecule has 6 nitrogen and oxygen atoms in total. The number of nitrogens with zero attached hydrogens (tertiary/aromatic N) is 2. The molecule has 1 aromatic heterocycles. The molecule has 27 heavy (non-hydrogen) atoms. The van der Waals surface area contributed by atoms with E-state index in [9.17, 15) is 0 Å². The van der Waals surface area contributed by atoms with Gasteiger partial charge in [0.2, 0.25) is 0 Å². The molecule has 1 aromatic carbocycles. The van der Waals surface area contributed by atoms with Crippen LogP contribution in [0.4, 0.5) is 0 Å². The molecule has 0 saturated carbocycles. The van der Waals surface area contributed by atoms with Crippen molar-refractivity contribution in [2.45, 2.75) is 18.6 Å². The second-order valence-corrected chi connectivity index (χ2v) is 6.83. The number of methoxy groups -OCH3 is 3. The minimum Gasteiger partial charge on any atom is -0.493 e. The summed E-state index contributed by atoms with van der Waals surface area (Å²) in [5.74, 6) is 1.39. The van der Waals surface area contributed by atoms with Gasteiger partial charge in [-0.1, -0.05) is 11.6 Å². The van der Waals surface area contributed by atoms with Gasteiger partial charge in [0, 0.05) is 31.8 Å². The van der Waals surface area contributed by atoms with E-state index in [1.165, 1.54) is 11.1 Å². The molecule has 2 aliphatic rings. The summed E-state index contributed by atoms with van der Waals surface area (Å²) in [6, 6.07) is 7.82. The van der Waals surface area contributed by atoms with Gasteiger partial charge in [-0.05, 0) is 48.9 Å². The van der Waals surface area contributed by atoms with E-state index < -0.39 is 5.72 Å². The van der Waals surface area contributed by atoms with Gasteiger partial charge in [0.15, 0.2) is 17.2 Å². The van der Waals surface area contributed by atoms with Crippen molar-refractivity contribution in [1.82, 2.24) is 15.1 Å². The van der Waals surface area contributed by atoms with E-state index in [4.69, 9.17) is 19.3 Å². The average molecular weight is 367 g/mol. The highest BCUT2D eigenvalue weighted by atomic mass is 16.5. The molecule has 142 valence electrons. The average Bonchev–Trinajstić information content (AvgIpc) is 3.23. The quantitative estimate of drug-likeness (QED) is 0.880. The minimum absolute atomic E-state index is 0.578. The highest BCUT2D eigenvalue weighted by molar-refractivity contribution is 5.63. The molecule has 2 heterocycles. The lowest BCUT2D eigenvalue weighted by atomic mass is 9.87. The lowest BCUT2D eigenvalue weighted by molar-refractivity contribution is -0.0458. The lowest BCUT2D eigenvalue weighted by Crippen LogP contribution is -2.39. The maximum atomic E-state index is 5.96. The molecule has 2 aromatic rings. The van der Waals surface area contributed by atoms with Crippen LogP contribution in [0.5, 0.6) is 11.5 Å². The number of ether oxygens (including phenoxy) is 3. The Hall–Kier alpha value is -2.57. The van der Waals surface area contributed by atoms with Gasteiger partial charge < -0.3 is 19.5 Å². The van der Waals surface area contributed by atoms with Crippen LogP contribution in [0.3, 0.4) is 0 Å². The van der Waals surface area contributed by atoms with Crippen molar-refractivity contribution in [3.63, 3.8) is 0 Å². The van der Waals surface area contributed by atoms with Gasteiger partial charge in [0.25, 0.3) is 0 Å². The highest BCUT2D eigenvalue weighted by Crippen LogP contribution is 2.37. The van der Waals surface area contributed by atoms with Crippen LogP contribution in [0.25, 0.3) is 11.3 Å². The van der Waals surface area contributed by atoms with Gasteiger partial charge in [-0.3, -0.25) is 0 Å². The monoisotopic (exact) mass is 367 g/mol. The Morgan fingerprint density at radius 3 is 2.74 bits per heavy atom. The summed E-state index contributed by atoms with van der Waals surface area (Å²) < 4.78 is 18.6. The van der Waals surface area contributed by atoms with Crippen LogP contribution in [-0.2, 0) is 10.5 Å². The van der Waals surface area contributed by atoms with Crippen molar-refractivity contribution in [2.75, 3.05) is 34.4 Å². The van der Waals surface area contributed by atoms with Crippen LogP contribution in [0, 0.1) is 0 Å². The zero-order valence-electron chi connectivity index (χ0n) is 16.0. The molecule has 0 fully saturated rings. The summed E-state index contributed by atoms with van der Waals surface area (Å²) in [6.45, 7) is 1.95. The van der Waals surface area contributed by atoms with Gasteiger partial charge in [-0.25, -0.2) is 4.68 Å². The van der Waals surface area contributed by atoms with Crippen molar-refractivity contribution < 1.29 is 14.2 Å². The molecule has 1 atom stereocenters. The maximum absolute atomic E-state index is 5.96. The Kier molecular flexibility index (Phi) is 4.76. The summed E-state index contributed by atoms with van der Waals surface area (Å²) in [6.07, 6.45) is 8.14. The SMILES string of the molecule is COc1ccc(-c2ccn(C3(OC)C=CC4=C(CCNC4)C3)n2)cc1OC. The van der Waals surface area contributed by atoms with E-state index in [0.29, 0.717) is 11.5 Å². The predicted molar refractivity (Wildman–Crippen MR) is 104 cm³/mol. The topological polar surface area (TPSA) is 57.5 Å². The van der Waals surface area contributed by atoms with E-state index in [0.717, 1.165) is 37.2 Å². The smallest absolute Gasteiger partial charge is 0.183 e. The first-order valence-electron chi connectivity index (χ1n) is 9.13. The summed E-state index contributed by atoms with van der Waals surface area (Å²) in [5, 5.41) is 8.24. The fourth-order valence-electron chi connectivity index (χ4n) is 3.80. The van der Waals surface area contributed by atoms with E-state index in [1.807, 2.05) is 35.1 Å². The van der Waals surface area contributed by atoms with Crippen molar-refractivity contribution in [2.24, 2.45) is 0 Å². The summed E-state index contributed by atoms with van der Waals surface area (Å²) in [4.78, 5) is 0. The molecular formula is C21H25N3O3. The van der Waals surface area contributed by atoms with Crippen molar-refractivity contribution >= 4 is 0 Å². The van der Waals surface area contributed by atoms with Crippen LogP contribution in [0.2, 0.25) is 0 Å². The Balaban J connectivity index is 1.66. The number of benzene rings is 1. The molecule has 0 radical (unpaired) electrons. The van der Waals surface area contributed by atoms with Crippen LogP contribution in [0.15, 0.2) is 53.8 Å². The van der Waals surface area contributed by atoms with Crippen molar-refractivity contribution in [3.8, 4) is 22.8 Å². The molecule has 4 rings (SSSR count). The minimum atomic E-state index is -0.578. The van der Waals surface area contributed by atoms with E-state index in [1.54, 1.807) is 21.3 Å². The molecule has 1 aliphatic heterocycles. The number of rotatable bonds is 5. The third-order valence-corrected chi connectivity index (χ3v) is 5.39. The first-order valence-corrected chi connectivity index (χ1v) is 9.13. The Labute approximate surface area is 159 Å². The van der Waals surface area contributed by atoms with Crippen LogP contribution in [-0.4, -0.2) is 44.2 Å². The fourth-order valence-corrected chi connectivity index (χ4v) is 3.80. The molecule has 1 aliphatic carbocycles. The first-order chi connectivity index (χ1) is 13.2. The zero-order chi connectivity index (χ0) is 18.9. The Morgan fingerprint density at radius 1 is 1.11 bits per heavy atom. The molecule has 0 saturated heterocycles. The van der Waals surface area contributed by atoms with Crippen molar-refractivity contribution in [1.29, 1.82) is 0 Å². The van der Waals surface area contributed by atoms with Gasteiger partial charge in [0.1, 0.15) is 0 Å². The molecule has 0 spiro atoms. The van der Waals surface area contributed by atoms with Crippen LogP contribution >= 0.6 is 0 Å². The molecule has 1 N–H and O–H groups in total. The standard InChI is InChI=1S/C21H25N3O3/c1-25-19-5-4-15(12-20(19)26-2)18-8-11-24(23-18)21(27-3)9-6-17-14-22-10-7-16(17)13-21/h4-6,8-9,11-12,22H,7,10,13-14H2,1-3H3. The number of hydrogen-bond acceptors (Lipinski definition) is 5. The summed E-state index contributed by atoms with van der Waals surface area (Å²) in [7, 11) is 5.01. The summed E-state index contributed by atoms with van der Waals surface area (Å²) in [5.41, 5.74) is 4.08. The van der Waals surface area contributed by atoms with E-state index >= 15 is 0 Å². The normalized spacial score (nSPS) is 21.9. The van der Waals surface area contributed by atoms with Gasteiger partial charge in [-0.15, -0.1) is 0 Å². The molecule has 0 amide bonds. The van der Waals surface area contributed by atoms with Crippen LogP contribution < -0.4 is 14.8 Å². The Bertz CT molecular complexity index is 900.